The van der Waals surface area contributed by atoms with Crippen molar-refractivity contribution in [3.05, 3.63) is 11.9 Å². The molecule has 1 saturated heterocycles. The second kappa shape index (κ2) is 6.91. The predicted octanol–water partition coefficient (Wildman–Crippen LogP) is 1.99. The summed E-state index contributed by atoms with van der Waals surface area (Å²) in [5.74, 6) is 1.48. The Labute approximate surface area is 115 Å². The molecule has 1 atom stereocenters. The Morgan fingerprint density at radius 3 is 2.79 bits per heavy atom. The first-order valence-electron chi connectivity index (χ1n) is 7.22. The lowest BCUT2D eigenvalue weighted by Crippen LogP contribution is -2.34. The van der Waals surface area contributed by atoms with E-state index in [9.17, 15) is 0 Å². The van der Waals surface area contributed by atoms with Gasteiger partial charge in [-0.1, -0.05) is 6.92 Å². The predicted molar refractivity (Wildman–Crippen MR) is 74.4 cm³/mol. The van der Waals surface area contributed by atoms with E-state index in [1.165, 1.54) is 5.69 Å². The highest BCUT2D eigenvalue weighted by Gasteiger charge is 2.30. The fraction of sp³-hybridized carbons (Fsp3) is 0.786. The number of hydrogen-bond acceptors (Lipinski definition) is 4. The smallest absolute Gasteiger partial charge is 0.161 e. The summed E-state index contributed by atoms with van der Waals surface area (Å²) in [6.07, 6.45) is 4.01. The van der Waals surface area contributed by atoms with E-state index < -0.39 is 0 Å². The van der Waals surface area contributed by atoms with E-state index in [4.69, 9.17) is 9.47 Å². The Kier molecular flexibility index (Phi) is 5.22. The van der Waals surface area contributed by atoms with E-state index in [1.54, 1.807) is 7.11 Å². The maximum atomic E-state index is 5.49. The van der Waals surface area contributed by atoms with Crippen LogP contribution in [0.5, 0.6) is 5.75 Å². The van der Waals surface area contributed by atoms with E-state index in [0.717, 1.165) is 44.9 Å². The average molecular weight is 267 g/mol. The summed E-state index contributed by atoms with van der Waals surface area (Å²) in [5.41, 5.74) is 1.18. The van der Waals surface area contributed by atoms with E-state index in [2.05, 4.69) is 24.3 Å². The van der Waals surface area contributed by atoms with Gasteiger partial charge in [0.2, 0.25) is 0 Å². The number of hydrogen-bond donors (Lipinski definition) is 1. The minimum Gasteiger partial charge on any atom is -0.493 e. The van der Waals surface area contributed by atoms with Crippen molar-refractivity contribution in [3.63, 3.8) is 0 Å². The second-order valence-electron chi connectivity index (χ2n) is 4.90. The molecule has 0 spiro atoms. The quantitative estimate of drug-likeness (QED) is 0.856. The molecule has 1 aromatic rings. The van der Waals surface area contributed by atoms with Gasteiger partial charge in [0.1, 0.15) is 0 Å². The summed E-state index contributed by atoms with van der Waals surface area (Å²) >= 11 is 0. The third kappa shape index (κ3) is 3.09. The monoisotopic (exact) mass is 267 g/mol. The number of aryl methyl sites for hydroxylation is 1. The number of ether oxygens (including phenoxy) is 2. The van der Waals surface area contributed by atoms with Gasteiger partial charge < -0.3 is 14.8 Å². The molecule has 1 fully saturated rings. The lowest BCUT2D eigenvalue weighted by Gasteiger charge is -2.31. The minimum atomic E-state index is 0.297. The zero-order valence-electron chi connectivity index (χ0n) is 12.2. The minimum absolute atomic E-state index is 0.297. The van der Waals surface area contributed by atoms with Crippen LogP contribution in [0.3, 0.4) is 0 Å². The van der Waals surface area contributed by atoms with Gasteiger partial charge in [0, 0.05) is 19.8 Å². The molecule has 5 heteroatoms. The molecule has 19 heavy (non-hydrogen) atoms. The fourth-order valence-corrected chi connectivity index (χ4v) is 2.86. The van der Waals surface area contributed by atoms with Crippen LogP contribution in [0.25, 0.3) is 0 Å². The van der Waals surface area contributed by atoms with Crippen molar-refractivity contribution in [2.24, 2.45) is 5.92 Å². The molecule has 0 bridgehead atoms. The Hall–Kier alpha value is -1.07. The van der Waals surface area contributed by atoms with Crippen molar-refractivity contribution in [1.82, 2.24) is 15.1 Å². The maximum absolute atomic E-state index is 5.49. The first kappa shape index (κ1) is 14.3. The lowest BCUT2D eigenvalue weighted by molar-refractivity contribution is 0.0523. The first-order chi connectivity index (χ1) is 9.31. The van der Waals surface area contributed by atoms with Crippen LogP contribution in [0.15, 0.2) is 6.20 Å². The van der Waals surface area contributed by atoms with Crippen LogP contribution < -0.4 is 10.1 Å². The summed E-state index contributed by atoms with van der Waals surface area (Å²) in [5, 5.41) is 8.03. The molecular formula is C14H25N3O2. The first-order valence-corrected chi connectivity index (χ1v) is 7.22. The van der Waals surface area contributed by atoms with Crippen molar-refractivity contribution >= 4 is 0 Å². The van der Waals surface area contributed by atoms with E-state index in [-0.39, 0.29) is 0 Å². The number of aromatic nitrogens is 2. The molecule has 1 aromatic heterocycles. The highest BCUT2D eigenvalue weighted by atomic mass is 16.5. The molecule has 5 nitrogen and oxygen atoms in total. The maximum Gasteiger partial charge on any atom is 0.161 e. The summed E-state index contributed by atoms with van der Waals surface area (Å²) in [7, 11) is 1.72. The summed E-state index contributed by atoms with van der Waals surface area (Å²) < 4.78 is 13.0. The summed E-state index contributed by atoms with van der Waals surface area (Å²) in [6.45, 7) is 7.78. The van der Waals surface area contributed by atoms with Crippen LogP contribution in [0.1, 0.15) is 38.4 Å². The topological polar surface area (TPSA) is 48.3 Å². The third-order valence-corrected chi connectivity index (χ3v) is 3.82. The molecule has 1 unspecified atom stereocenters. The van der Waals surface area contributed by atoms with E-state index in [0.29, 0.717) is 12.0 Å². The standard InChI is InChI=1S/C14H25N3O2/c1-4-15-13(11-6-8-19-9-7-11)14-12(18-3)10-16-17(14)5-2/h10-11,13,15H,4-9H2,1-3H3. The van der Waals surface area contributed by atoms with Gasteiger partial charge in [0.05, 0.1) is 25.0 Å². The Bertz CT molecular complexity index is 365. The van der Waals surface area contributed by atoms with Gasteiger partial charge in [0.15, 0.2) is 5.75 Å². The van der Waals surface area contributed by atoms with Crippen LogP contribution in [-0.2, 0) is 11.3 Å². The van der Waals surface area contributed by atoms with Gasteiger partial charge in [-0.05, 0) is 32.2 Å². The van der Waals surface area contributed by atoms with Crippen molar-refractivity contribution < 1.29 is 9.47 Å². The summed E-state index contributed by atoms with van der Waals surface area (Å²) in [4.78, 5) is 0. The van der Waals surface area contributed by atoms with Crippen molar-refractivity contribution in [2.45, 2.75) is 39.3 Å². The highest BCUT2D eigenvalue weighted by molar-refractivity contribution is 5.29. The zero-order chi connectivity index (χ0) is 13.7. The van der Waals surface area contributed by atoms with E-state index in [1.807, 2.05) is 10.9 Å². The van der Waals surface area contributed by atoms with Crippen molar-refractivity contribution in [1.29, 1.82) is 0 Å². The number of nitrogens with zero attached hydrogens (tertiary/aromatic N) is 2. The normalized spacial score (nSPS) is 18.5. The van der Waals surface area contributed by atoms with Gasteiger partial charge in [-0.15, -0.1) is 0 Å². The SMILES string of the molecule is CCNC(c1c(OC)cnn1CC)C1CCOCC1. The van der Waals surface area contributed by atoms with Crippen LogP contribution in [0.2, 0.25) is 0 Å². The molecule has 0 amide bonds. The lowest BCUT2D eigenvalue weighted by atomic mass is 9.89. The Morgan fingerprint density at radius 1 is 1.47 bits per heavy atom. The van der Waals surface area contributed by atoms with Gasteiger partial charge in [-0.3, -0.25) is 4.68 Å². The molecule has 108 valence electrons. The molecule has 1 N–H and O–H groups in total. The second-order valence-corrected chi connectivity index (χ2v) is 4.90. The molecular weight excluding hydrogens is 242 g/mol. The largest absolute Gasteiger partial charge is 0.493 e. The molecule has 2 heterocycles. The number of nitrogens with one attached hydrogen (secondary N) is 1. The summed E-state index contributed by atoms with van der Waals surface area (Å²) in [6, 6.07) is 0.297. The van der Waals surface area contributed by atoms with Crippen LogP contribution in [-0.4, -0.2) is 36.6 Å². The number of methoxy groups -OCH3 is 1. The van der Waals surface area contributed by atoms with Gasteiger partial charge >= 0.3 is 0 Å². The van der Waals surface area contributed by atoms with Crippen LogP contribution in [0, 0.1) is 5.92 Å². The molecule has 1 aliphatic heterocycles. The molecule has 1 aliphatic rings. The van der Waals surface area contributed by atoms with Crippen LogP contribution >= 0.6 is 0 Å². The van der Waals surface area contributed by atoms with Gasteiger partial charge in [0.25, 0.3) is 0 Å². The van der Waals surface area contributed by atoms with Crippen molar-refractivity contribution in [3.8, 4) is 5.75 Å². The molecule has 0 radical (unpaired) electrons. The van der Waals surface area contributed by atoms with Crippen molar-refractivity contribution in [2.75, 3.05) is 26.9 Å². The zero-order valence-corrected chi connectivity index (χ0v) is 12.2. The van der Waals surface area contributed by atoms with Gasteiger partial charge in [-0.2, -0.15) is 5.10 Å². The Morgan fingerprint density at radius 2 is 2.21 bits per heavy atom. The molecule has 2 rings (SSSR count). The van der Waals surface area contributed by atoms with Gasteiger partial charge in [-0.25, -0.2) is 0 Å². The fourth-order valence-electron chi connectivity index (χ4n) is 2.86. The molecule has 0 aromatic carbocycles. The number of rotatable bonds is 6. The molecule has 0 saturated carbocycles. The highest BCUT2D eigenvalue weighted by Crippen LogP contribution is 2.34. The van der Waals surface area contributed by atoms with E-state index >= 15 is 0 Å². The Balaban J connectivity index is 2.28. The third-order valence-electron chi connectivity index (χ3n) is 3.82. The average Bonchev–Trinajstić information content (AvgIpc) is 2.88. The van der Waals surface area contributed by atoms with Crippen LogP contribution in [0.4, 0.5) is 0 Å². The molecule has 0 aliphatic carbocycles.